The van der Waals surface area contributed by atoms with Gasteiger partial charge in [-0.15, -0.1) is 0 Å². The molecule has 0 spiro atoms. The molecule has 2 atom stereocenters. The average Bonchev–Trinajstić information content (AvgIpc) is 2.38. The van der Waals surface area contributed by atoms with Crippen LogP contribution in [0.2, 0.25) is 0 Å². The molecule has 0 fully saturated rings. The molecule has 1 aliphatic carbocycles. The van der Waals surface area contributed by atoms with Crippen LogP contribution in [0.1, 0.15) is 19.8 Å². The van der Waals surface area contributed by atoms with Gasteiger partial charge in [-0.2, -0.15) is 0 Å². The van der Waals surface area contributed by atoms with E-state index in [-0.39, 0.29) is 6.61 Å². The number of allylic oxidation sites excluding steroid dienone is 3. The minimum absolute atomic E-state index is 0.0975. The molecule has 1 rings (SSSR count). The van der Waals surface area contributed by atoms with Crippen LogP contribution in [0.4, 0.5) is 13.2 Å². The molecule has 0 aromatic rings. The van der Waals surface area contributed by atoms with Crippen LogP contribution >= 0.6 is 0 Å². The largest absolute Gasteiger partial charge is 0.466 e. The van der Waals surface area contributed by atoms with Crippen molar-refractivity contribution in [3.63, 3.8) is 0 Å². The molecular formula is C12H13F3O4. The number of Topliss-reactive ketones (excluding diaryl/α,β-unsaturated/α-hetero) is 1. The molecule has 0 amide bonds. The van der Waals surface area contributed by atoms with E-state index in [4.69, 9.17) is 0 Å². The number of aliphatic hydroxyl groups is 1. The van der Waals surface area contributed by atoms with Gasteiger partial charge in [0.2, 0.25) is 5.78 Å². The molecule has 0 saturated heterocycles. The molecule has 0 aromatic carbocycles. The van der Waals surface area contributed by atoms with Crippen LogP contribution < -0.4 is 0 Å². The summed E-state index contributed by atoms with van der Waals surface area (Å²) in [4.78, 5) is 22.3. The molecular weight excluding hydrogens is 265 g/mol. The lowest BCUT2D eigenvalue weighted by Crippen LogP contribution is -2.48. The third-order valence-electron chi connectivity index (χ3n) is 2.66. The summed E-state index contributed by atoms with van der Waals surface area (Å²) in [6, 6.07) is 0. The summed E-state index contributed by atoms with van der Waals surface area (Å²) in [5.74, 6) is -5.59. The van der Waals surface area contributed by atoms with Gasteiger partial charge < -0.3 is 9.84 Å². The van der Waals surface area contributed by atoms with Crippen molar-refractivity contribution in [1.29, 1.82) is 0 Å². The van der Waals surface area contributed by atoms with E-state index < -0.39 is 48.0 Å². The van der Waals surface area contributed by atoms with Gasteiger partial charge in [0.1, 0.15) is 11.9 Å². The van der Waals surface area contributed by atoms with E-state index in [9.17, 15) is 27.9 Å². The number of ketones is 1. The maximum absolute atomic E-state index is 14.2. The van der Waals surface area contributed by atoms with Crippen molar-refractivity contribution in [3.05, 3.63) is 23.8 Å². The van der Waals surface area contributed by atoms with Crippen molar-refractivity contribution >= 4 is 11.8 Å². The second kappa shape index (κ2) is 6.01. The number of aliphatic hydroxyl groups excluding tert-OH is 1. The zero-order valence-electron chi connectivity index (χ0n) is 10.2. The molecule has 0 heterocycles. The quantitative estimate of drug-likeness (QED) is 0.777. The van der Waals surface area contributed by atoms with E-state index in [0.29, 0.717) is 12.2 Å². The fraction of sp³-hybridized carbons (Fsp3) is 0.500. The number of esters is 1. The molecule has 0 radical (unpaired) electrons. The Bertz CT molecular complexity index is 440. The van der Waals surface area contributed by atoms with E-state index in [2.05, 4.69) is 4.74 Å². The van der Waals surface area contributed by atoms with Gasteiger partial charge in [-0.3, -0.25) is 9.59 Å². The normalized spacial score (nSPS) is 24.6. The van der Waals surface area contributed by atoms with Crippen LogP contribution in [-0.2, 0) is 14.3 Å². The SMILES string of the molecule is CCOC(=O)CCC(O)C1(F)C(=O)C(F)=CC=C1F. The van der Waals surface area contributed by atoms with Crippen LogP contribution in [0.25, 0.3) is 0 Å². The molecule has 1 aliphatic rings. The van der Waals surface area contributed by atoms with E-state index in [0.717, 1.165) is 0 Å². The van der Waals surface area contributed by atoms with Gasteiger partial charge in [-0.05, 0) is 25.5 Å². The first-order chi connectivity index (χ1) is 8.83. The minimum Gasteiger partial charge on any atom is -0.466 e. The van der Waals surface area contributed by atoms with Crippen LogP contribution in [0.3, 0.4) is 0 Å². The van der Waals surface area contributed by atoms with Crippen molar-refractivity contribution in [2.24, 2.45) is 0 Å². The monoisotopic (exact) mass is 278 g/mol. The predicted octanol–water partition coefficient (Wildman–Crippen LogP) is 1.69. The number of ether oxygens (including phenoxy) is 1. The smallest absolute Gasteiger partial charge is 0.305 e. The third-order valence-corrected chi connectivity index (χ3v) is 2.66. The summed E-state index contributed by atoms with van der Waals surface area (Å²) in [6.07, 6.45) is -2.22. The van der Waals surface area contributed by atoms with E-state index in [1.807, 2.05) is 0 Å². The molecule has 0 bridgehead atoms. The fourth-order valence-corrected chi connectivity index (χ4v) is 1.62. The van der Waals surface area contributed by atoms with E-state index in [1.165, 1.54) is 0 Å². The molecule has 4 nitrogen and oxygen atoms in total. The Morgan fingerprint density at radius 3 is 2.68 bits per heavy atom. The standard InChI is InChI=1S/C12H13F3O4/c1-2-19-10(17)6-5-9(16)12(15)8(14)4-3-7(13)11(12)18/h3-4,9,16H,2,5-6H2,1H3. The Balaban J connectivity index is 2.77. The number of hydrogen-bond acceptors (Lipinski definition) is 4. The first kappa shape index (κ1) is 15.4. The summed E-state index contributed by atoms with van der Waals surface area (Å²) in [5, 5.41) is 9.53. The number of carbonyl (C=O) groups is 2. The summed E-state index contributed by atoms with van der Waals surface area (Å²) in [6.45, 7) is 1.65. The van der Waals surface area contributed by atoms with Crippen molar-refractivity contribution in [3.8, 4) is 0 Å². The number of alkyl halides is 1. The van der Waals surface area contributed by atoms with Crippen molar-refractivity contribution < 1.29 is 32.6 Å². The Kier molecular flexibility index (Phi) is 4.88. The van der Waals surface area contributed by atoms with Gasteiger partial charge in [-0.1, -0.05) is 0 Å². The second-order valence-electron chi connectivity index (χ2n) is 3.93. The summed E-state index contributed by atoms with van der Waals surface area (Å²) >= 11 is 0. The lowest BCUT2D eigenvalue weighted by Gasteiger charge is -2.28. The Morgan fingerprint density at radius 2 is 2.11 bits per heavy atom. The summed E-state index contributed by atoms with van der Waals surface area (Å²) in [5.41, 5.74) is -3.48. The van der Waals surface area contributed by atoms with Crippen molar-refractivity contribution in [1.82, 2.24) is 0 Å². The average molecular weight is 278 g/mol. The molecule has 0 aliphatic heterocycles. The van der Waals surface area contributed by atoms with Crippen LogP contribution in [0.5, 0.6) is 0 Å². The molecule has 7 heteroatoms. The minimum atomic E-state index is -3.48. The molecule has 19 heavy (non-hydrogen) atoms. The Labute approximate surface area is 107 Å². The van der Waals surface area contributed by atoms with E-state index in [1.54, 1.807) is 6.92 Å². The topological polar surface area (TPSA) is 63.6 Å². The number of rotatable bonds is 5. The molecule has 0 aromatic heterocycles. The highest BCUT2D eigenvalue weighted by Gasteiger charge is 2.52. The van der Waals surface area contributed by atoms with Gasteiger partial charge >= 0.3 is 5.97 Å². The predicted molar refractivity (Wildman–Crippen MR) is 59.1 cm³/mol. The highest BCUT2D eigenvalue weighted by Crippen LogP contribution is 2.36. The molecule has 2 unspecified atom stereocenters. The zero-order chi connectivity index (χ0) is 14.6. The number of carbonyl (C=O) groups excluding carboxylic acids is 2. The first-order valence-corrected chi connectivity index (χ1v) is 5.64. The molecule has 106 valence electrons. The highest BCUT2D eigenvalue weighted by atomic mass is 19.2. The molecule has 0 saturated carbocycles. The zero-order valence-corrected chi connectivity index (χ0v) is 10.2. The maximum Gasteiger partial charge on any atom is 0.305 e. The summed E-state index contributed by atoms with van der Waals surface area (Å²) in [7, 11) is 0. The number of hydrogen-bond donors (Lipinski definition) is 1. The molecule has 1 N–H and O–H groups in total. The van der Waals surface area contributed by atoms with Gasteiger partial charge in [0.25, 0.3) is 5.67 Å². The maximum atomic E-state index is 14.2. The Morgan fingerprint density at radius 1 is 1.47 bits per heavy atom. The number of halogens is 3. The van der Waals surface area contributed by atoms with Gasteiger partial charge in [0.15, 0.2) is 5.83 Å². The van der Waals surface area contributed by atoms with E-state index >= 15 is 0 Å². The third kappa shape index (κ3) is 3.04. The lowest BCUT2D eigenvalue weighted by atomic mass is 9.86. The fourth-order valence-electron chi connectivity index (χ4n) is 1.62. The first-order valence-electron chi connectivity index (χ1n) is 5.64. The van der Waals surface area contributed by atoms with Gasteiger partial charge in [-0.25, -0.2) is 13.2 Å². The second-order valence-corrected chi connectivity index (χ2v) is 3.93. The van der Waals surface area contributed by atoms with Crippen LogP contribution in [0.15, 0.2) is 23.8 Å². The van der Waals surface area contributed by atoms with Crippen LogP contribution in [-0.4, -0.2) is 35.2 Å². The van der Waals surface area contributed by atoms with Crippen molar-refractivity contribution in [2.75, 3.05) is 6.61 Å². The lowest BCUT2D eigenvalue weighted by molar-refractivity contribution is -0.146. The summed E-state index contributed by atoms with van der Waals surface area (Å²) < 4.78 is 45.0. The Hall–Kier alpha value is -1.63. The van der Waals surface area contributed by atoms with Gasteiger partial charge in [0, 0.05) is 6.42 Å². The van der Waals surface area contributed by atoms with Crippen molar-refractivity contribution in [2.45, 2.75) is 31.5 Å². The van der Waals surface area contributed by atoms with Gasteiger partial charge in [0.05, 0.1) is 6.61 Å². The highest BCUT2D eigenvalue weighted by molar-refractivity contribution is 6.04. The van der Waals surface area contributed by atoms with Crippen LogP contribution in [0, 0.1) is 0 Å².